The number of benzene rings is 1. The lowest BCUT2D eigenvalue weighted by Crippen LogP contribution is -2.62. The zero-order valence-electron chi connectivity index (χ0n) is 22.2. The van der Waals surface area contributed by atoms with Crippen LogP contribution < -0.4 is 15.0 Å². The Hall–Kier alpha value is -2.63. The number of amides is 2. The Kier molecular flexibility index (Phi) is 8.11. The van der Waals surface area contributed by atoms with Gasteiger partial charge >= 0.3 is 6.09 Å². The molecule has 1 aromatic carbocycles. The topological polar surface area (TPSA) is 130 Å². The predicted octanol–water partition coefficient (Wildman–Crippen LogP) is 2.87. The van der Waals surface area contributed by atoms with Crippen molar-refractivity contribution in [3.05, 3.63) is 46.5 Å². The van der Waals surface area contributed by atoms with Gasteiger partial charge in [-0.25, -0.2) is 4.79 Å². The van der Waals surface area contributed by atoms with Crippen LogP contribution in [0.1, 0.15) is 38.7 Å². The quantitative estimate of drug-likeness (QED) is 0.479. The highest BCUT2D eigenvalue weighted by atomic mass is 35.5. The highest BCUT2D eigenvalue weighted by Gasteiger charge is 2.59. The molecule has 4 rings (SSSR count). The summed E-state index contributed by atoms with van der Waals surface area (Å²) in [5.41, 5.74) is -0.428. The fraction of sp³-hybridized carbons (Fsp3) is 0.556. The number of hydrogen-bond acceptors (Lipinski definition) is 8. The van der Waals surface area contributed by atoms with Gasteiger partial charge in [0.2, 0.25) is 5.91 Å². The van der Waals surface area contributed by atoms with Crippen LogP contribution in [-0.4, -0.2) is 79.2 Å². The summed E-state index contributed by atoms with van der Waals surface area (Å²) in [6.07, 6.45) is 1.97. The molecule has 6 atom stereocenters. The largest absolute Gasteiger partial charge is 0.495 e. The average Bonchev–Trinajstić information content (AvgIpc) is 3.51. The first-order valence-corrected chi connectivity index (χ1v) is 12.8. The zero-order valence-corrected chi connectivity index (χ0v) is 22.9. The molecule has 38 heavy (non-hydrogen) atoms. The van der Waals surface area contributed by atoms with Crippen LogP contribution in [0.15, 0.2) is 35.9 Å². The number of nitrogens with one attached hydrogen (secondary N) is 1. The van der Waals surface area contributed by atoms with E-state index in [1.54, 1.807) is 26.1 Å². The van der Waals surface area contributed by atoms with Crippen molar-refractivity contribution >= 4 is 29.3 Å². The molecular formula is C27H35ClN2O8. The number of carbonyl (C=O) groups excluding carboxylic acids is 2. The Morgan fingerprint density at radius 3 is 2.68 bits per heavy atom. The molecule has 6 unspecified atom stereocenters. The predicted molar refractivity (Wildman–Crippen MR) is 140 cm³/mol. The number of nitrogens with zero attached hydrogens (tertiary/aromatic N) is 1. The normalized spacial score (nSPS) is 36.3. The second-order valence-electron chi connectivity index (χ2n) is 10.3. The Morgan fingerprint density at radius 1 is 1.26 bits per heavy atom. The summed E-state index contributed by atoms with van der Waals surface area (Å²) in [5, 5.41) is 25.0. The van der Waals surface area contributed by atoms with Crippen LogP contribution in [0.25, 0.3) is 0 Å². The van der Waals surface area contributed by atoms with Gasteiger partial charge in [-0.1, -0.05) is 35.4 Å². The molecule has 11 heteroatoms. The molecule has 3 heterocycles. The first-order valence-electron chi connectivity index (χ1n) is 12.5. The number of alkyl carbamates (subject to hydrolysis) is 1. The molecule has 0 spiro atoms. The second kappa shape index (κ2) is 10.9. The van der Waals surface area contributed by atoms with Gasteiger partial charge in [0.05, 0.1) is 31.4 Å². The zero-order chi connectivity index (χ0) is 27.8. The summed E-state index contributed by atoms with van der Waals surface area (Å²) < 4.78 is 22.2. The molecular weight excluding hydrogens is 516 g/mol. The first-order chi connectivity index (χ1) is 17.9. The number of halogens is 1. The molecule has 3 aliphatic heterocycles. The van der Waals surface area contributed by atoms with E-state index in [0.717, 1.165) is 11.1 Å². The third-order valence-corrected chi connectivity index (χ3v) is 7.91. The van der Waals surface area contributed by atoms with Crippen LogP contribution >= 0.6 is 11.6 Å². The van der Waals surface area contributed by atoms with Crippen molar-refractivity contribution in [2.75, 3.05) is 26.2 Å². The summed E-state index contributed by atoms with van der Waals surface area (Å²) in [4.78, 5) is 26.9. The van der Waals surface area contributed by atoms with E-state index in [9.17, 15) is 19.8 Å². The smallest absolute Gasteiger partial charge is 0.409 e. The number of anilines is 1. The maximum atomic E-state index is 13.2. The molecule has 10 nitrogen and oxygen atoms in total. The molecule has 1 aromatic rings. The van der Waals surface area contributed by atoms with Crippen LogP contribution in [0.4, 0.5) is 10.5 Å². The molecule has 0 aliphatic carbocycles. The van der Waals surface area contributed by atoms with Crippen molar-refractivity contribution in [2.45, 2.75) is 75.3 Å². The summed E-state index contributed by atoms with van der Waals surface area (Å²) in [6.45, 7) is 3.65. The lowest BCUT2D eigenvalue weighted by Gasteiger charge is -2.40. The summed E-state index contributed by atoms with van der Waals surface area (Å²) in [6, 6.07) is 3.63. The van der Waals surface area contributed by atoms with Gasteiger partial charge in [0.1, 0.15) is 28.6 Å². The average molecular weight is 551 g/mol. The lowest BCUT2D eigenvalue weighted by atomic mass is 9.90. The van der Waals surface area contributed by atoms with Crippen LogP contribution in [0, 0.1) is 0 Å². The van der Waals surface area contributed by atoms with E-state index in [-0.39, 0.29) is 25.2 Å². The van der Waals surface area contributed by atoms with E-state index in [4.69, 9.17) is 30.5 Å². The van der Waals surface area contributed by atoms with Crippen LogP contribution in [0.5, 0.6) is 5.75 Å². The molecule has 3 N–H and O–H groups in total. The first kappa shape index (κ1) is 28.4. The van der Waals surface area contributed by atoms with Crippen LogP contribution in [-0.2, 0) is 25.4 Å². The number of methoxy groups -OCH3 is 2. The highest BCUT2D eigenvalue weighted by molar-refractivity contribution is 6.35. The Bertz CT molecular complexity index is 1160. The van der Waals surface area contributed by atoms with Crippen molar-refractivity contribution in [3.8, 4) is 5.75 Å². The minimum Gasteiger partial charge on any atom is -0.495 e. The molecule has 2 saturated heterocycles. The van der Waals surface area contributed by atoms with Crippen molar-refractivity contribution in [2.24, 2.45) is 0 Å². The molecule has 0 aromatic heterocycles. The number of carbonyl (C=O) groups is 2. The number of aliphatic hydroxyl groups is 2. The van der Waals surface area contributed by atoms with E-state index < -0.39 is 41.8 Å². The molecule has 0 radical (unpaired) electrons. The molecule has 3 aliphatic rings. The summed E-state index contributed by atoms with van der Waals surface area (Å²) >= 11 is 6.56. The number of aliphatic hydroxyl groups excluding tert-OH is 1. The third-order valence-electron chi connectivity index (χ3n) is 7.53. The minimum atomic E-state index is -1.71. The van der Waals surface area contributed by atoms with E-state index in [2.05, 4.69) is 5.32 Å². The van der Waals surface area contributed by atoms with E-state index in [1.165, 1.54) is 19.1 Å². The fourth-order valence-electron chi connectivity index (χ4n) is 5.11. The number of rotatable bonds is 2. The SMILES string of the molecule is COc1cc2cc(c1Cl)N(C)C(=O)CC(O)C1(C)OC1CC1CC(O)(NC(=O)O1)C(OC)/C=C/C=C(\C)C2. The van der Waals surface area contributed by atoms with Gasteiger partial charge in [0.15, 0.2) is 5.72 Å². The Balaban J connectivity index is 1.72. The number of epoxide rings is 1. The second-order valence-corrected chi connectivity index (χ2v) is 10.7. The van der Waals surface area contributed by atoms with Gasteiger partial charge in [-0.3, -0.25) is 10.1 Å². The number of ether oxygens (including phenoxy) is 4. The lowest BCUT2D eigenvalue weighted by molar-refractivity contribution is -0.135. The number of allylic oxidation sites excluding steroid dienone is 3. The van der Waals surface area contributed by atoms with E-state index in [1.807, 2.05) is 25.1 Å². The third kappa shape index (κ3) is 5.69. The van der Waals surface area contributed by atoms with Gasteiger partial charge in [-0.2, -0.15) is 0 Å². The summed E-state index contributed by atoms with van der Waals surface area (Å²) in [5.74, 6) is 0.0728. The van der Waals surface area contributed by atoms with Gasteiger partial charge in [0.25, 0.3) is 0 Å². The fourth-order valence-corrected chi connectivity index (χ4v) is 5.42. The molecule has 0 saturated carbocycles. The van der Waals surface area contributed by atoms with Crippen LogP contribution in [0.2, 0.25) is 5.02 Å². The van der Waals surface area contributed by atoms with Gasteiger partial charge in [-0.05, 0) is 38.0 Å². The standard InChI is InChI=1S/C27H35ClN2O8/c1-15-7-6-8-21(36-5)27(34)14-17(37-25(33)29-27)12-22-26(2,38-22)20(31)13-23(32)30(3)18-10-16(9-15)11-19(35-4)24(18)28/h6-8,10-11,17,20-22,31,34H,9,12-14H2,1-5H3,(H,29,33)/b8-6+,15-7+. The number of fused-ring (bicyclic) bond motifs is 5. The van der Waals surface area contributed by atoms with Gasteiger partial charge < -0.3 is 34.1 Å². The number of hydrogen-bond donors (Lipinski definition) is 3. The maximum absolute atomic E-state index is 13.2. The van der Waals surface area contributed by atoms with Crippen molar-refractivity contribution in [1.29, 1.82) is 0 Å². The molecule has 208 valence electrons. The summed E-state index contributed by atoms with van der Waals surface area (Å²) in [7, 11) is 4.55. The Labute approximate surface area is 227 Å². The maximum Gasteiger partial charge on any atom is 0.409 e. The Morgan fingerprint density at radius 2 is 2.00 bits per heavy atom. The van der Waals surface area contributed by atoms with Gasteiger partial charge in [-0.15, -0.1) is 0 Å². The molecule has 2 fully saturated rings. The van der Waals surface area contributed by atoms with E-state index >= 15 is 0 Å². The van der Waals surface area contributed by atoms with Crippen molar-refractivity contribution in [3.63, 3.8) is 0 Å². The molecule has 4 bridgehead atoms. The van der Waals surface area contributed by atoms with E-state index in [0.29, 0.717) is 22.9 Å². The highest BCUT2D eigenvalue weighted by Crippen LogP contribution is 2.45. The molecule has 2 amide bonds. The minimum absolute atomic E-state index is 0.0438. The van der Waals surface area contributed by atoms with Crippen molar-refractivity contribution in [1.82, 2.24) is 5.32 Å². The van der Waals surface area contributed by atoms with Gasteiger partial charge in [0, 0.05) is 27.0 Å². The van der Waals surface area contributed by atoms with Crippen LogP contribution in [0.3, 0.4) is 0 Å². The monoisotopic (exact) mass is 550 g/mol. The van der Waals surface area contributed by atoms with Crippen molar-refractivity contribution < 1.29 is 38.7 Å².